The van der Waals surface area contributed by atoms with Crippen molar-refractivity contribution >= 4 is 17.4 Å². The first-order chi connectivity index (χ1) is 8.00. The molecule has 6 nitrogen and oxygen atoms in total. The van der Waals surface area contributed by atoms with E-state index in [2.05, 4.69) is 15.1 Å². The molecular formula is C10H11ClN6. The van der Waals surface area contributed by atoms with Gasteiger partial charge in [0.25, 0.3) is 5.95 Å². The Labute approximate surface area is 103 Å². The van der Waals surface area contributed by atoms with Crippen LogP contribution in [0.25, 0.3) is 5.95 Å². The molecule has 0 bridgehead atoms. The molecule has 0 radical (unpaired) electrons. The van der Waals surface area contributed by atoms with Crippen molar-refractivity contribution < 1.29 is 0 Å². The molecule has 2 aromatic heterocycles. The second-order valence-corrected chi connectivity index (χ2v) is 3.93. The molecule has 0 unspecified atom stereocenters. The van der Waals surface area contributed by atoms with Gasteiger partial charge in [0.2, 0.25) is 0 Å². The third kappa shape index (κ3) is 1.99. The molecule has 17 heavy (non-hydrogen) atoms. The highest BCUT2D eigenvalue weighted by Crippen LogP contribution is 2.20. The Morgan fingerprint density at radius 3 is 2.71 bits per heavy atom. The van der Waals surface area contributed by atoms with E-state index < -0.39 is 0 Å². The molecule has 0 saturated carbocycles. The lowest BCUT2D eigenvalue weighted by Gasteiger charge is -2.03. The highest BCUT2D eigenvalue weighted by molar-refractivity contribution is 6.31. The van der Waals surface area contributed by atoms with Gasteiger partial charge in [-0.2, -0.15) is 5.10 Å². The zero-order chi connectivity index (χ0) is 12.6. The van der Waals surface area contributed by atoms with E-state index in [1.807, 2.05) is 6.92 Å². The molecule has 7 heteroatoms. The monoisotopic (exact) mass is 250 g/mol. The number of rotatable bonds is 2. The lowest BCUT2D eigenvalue weighted by molar-refractivity contribution is 0.772. The highest BCUT2D eigenvalue weighted by atomic mass is 35.5. The molecular weight excluding hydrogens is 240 g/mol. The predicted octanol–water partition coefficient (Wildman–Crippen LogP) is 1.22. The molecule has 0 saturated heterocycles. The number of nitrogens with one attached hydrogen (secondary N) is 1. The molecule has 2 heterocycles. The summed E-state index contributed by atoms with van der Waals surface area (Å²) in [6.07, 6.45) is 1.53. The Morgan fingerprint density at radius 2 is 2.18 bits per heavy atom. The van der Waals surface area contributed by atoms with Crippen LogP contribution in [0.15, 0.2) is 12.3 Å². The summed E-state index contributed by atoms with van der Waals surface area (Å²) < 4.78 is 1.53. The van der Waals surface area contributed by atoms with Crippen LogP contribution in [-0.2, 0) is 0 Å². The van der Waals surface area contributed by atoms with Crippen LogP contribution in [0.2, 0.25) is 5.02 Å². The summed E-state index contributed by atoms with van der Waals surface area (Å²) in [5.74, 6) is 0.242. The molecule has 0 aliphatic rings. The van der Waals surface area contributed by atoms with Gasteiger partial charge in [-0.05, 0) is 19.9 Å². The number of nitrogens with two attached hydrogens (primary N) is 1. The van der Waals surface area contributed by atoms with Crippen molar-refractivity contribution in [3.05, 3.63) is 34.4 Å². The summed E-state index contributed by atoms with van der Waals surface area (Å²) in [4.78, 5) is 8.22. The molecule has 3 N–H and O–H groups in total. The Morgan fingerprint density at radius 1 is 1.47 bits per heavy atom. The fourth-order valence-corrected chi connectivity index (χ4v) is 1.54. The summed E-state index contributed by atoms with van der Waals surface area (Å²) in [5.41, 5.74) is 7.19. The number of aryl methyl sites for hydroxylation is 1. The maximum absolute atomic E-state index is 7.33. The Balaban J connectivity index is 2.56. The van der Waals surface area contributed by atoms with Gasteiger partial charge in [-0.15, -0.1) is 0 Å². The van der Waals surface area contributed by atoms with E-state index in [-0.39, 0.29) is 5.84 Å². The number of aromatic nitrogens is 4. The van der Waals surface area contributed by atoms with E-state index >= 15 is 0 Å². The van der Waals surface area contributed by atoms with Crippen molar-refractivity contribution in [3.63, 3.8) is 0 Å². The van der Waals surface area contributed by atoms with Crippen LogP contribution in [0.5, 0.6) is 0 Å². The number of halogens is 1. The average molecular weight is 251 g/mol. The van der Waals surface area contributed by atoms with E-state index in [1.165, 1.54) is 10.9 Å². The molecule has 0 fully saturated rings. The molecule has 0 aromatic carbocycles. The number of nitrogen functional groups attached to an aromatic ring is 1. The molecule has 0 aliphatic heterocycles. The summed E-state index contributed by atoms with van der Waals surface area (Å²) >= 11 is 6.04. The van der Waals surface area contributed by atoms with Crippen molar-refractivity contribution in [1.29, 1.82) is 5.41 Å². The second kappa shape index (κ2) is 4.14. The van der Waals surface area contributed by atoms with E-state index in [1.54, 1.807) is 13.0 Å². The smallest absolute Gasteiger partial charge is 0.251 e. The molecule has 88 valence electrons. The van der Waals surface area contributed by atoms with Gasteiger partial charge in [0.05, 0.1) is 16.4 Å². The lowest BCUT2D eigenvalue weighted by Crippen LogP contribution is -2.15. The minimum atomic E-state index is -0.110. The SMILES string of the molecule is Cc1nn(-c2nccc(C(=N)N)n2)c(C)c1Cl. The second-order valence-electron chi connectivity index (χ2n) is 3.55. The Hall–Kier alpha value is -1.95. The van der Waals surface area contributed by atoms with E-state index in [0.717, 1.165) is 5.69 Å². The van der Waals surface area contributed by atoms with E-state index in [0.29, 0.717) is 22.4 Å². The first-order valence-corrected chi connectivity index (χ1v) is 5.28. The first-order valence-electron chi connectivity index (χ1n) is 4.90. The summed E-state index contributed by atoms with van der Waals surface area (Å²) in [6, 6.07) is 1.57. The van der Waals surface area contributed by atoms with Crippen molar-refractivity contribution in [3.8, 4) is 5.95 Å². The van der Waals surface area contributed by atoms with Crippen molar-refractivity contribution in [2.24, 2.45) is 5.73 Å². The highest BCUT2D eigenvalue weighted by Gasteiger charge is 2.13. The molecule has 0 atom stereocenters. The van der Waals surface area contributed by atoms with Crippen molar-refractivity contribution in [2.75, 3.05) is 0 Å². The van der Waals surface area contributed by atoms with Gasteiger partial charge in [0, 0.05) is 6.20 Å². The normalized spacial score (nSPS) is 10.5. The summed E-state index contributed by atoms with van der Waals surface area (Å²) in [7, 11) is 0. The fraction of sp³-hybridized carbons (Fsp3) is 0.200. The number of amidine groups is 1. The minimum absolute atomic E-state index is 0.110. The van der Waals surface area contributed by atoms with E-state index in [4.69, 9.17) is 22.7 Å². The van der Waals surface area contributed by atoms with Crippen LogP contribution < -0.4 is 5.73 Å². The molecule has 0 spiro atoms. The summed E-state index contributed by atoms with van der Waals surface area (Å²) in [6.45, 7) is 3.63. The molecule has 0 aliphatic carbocycles. The van der Waals surface area contributed by atoms with Crippen LogP contribution in [0.1, 0.15) is 17.1 Å². The minimum Gasteiger partial charge on any atom is -0.382 e. The van der Waals surface area contributed by atoms with Gasteiger partial charge in [-0.25, -0.2) is 14.6 Å². The standard InChI is InChI=1S/C10H11ClN6/c1-5-8(11)6(2)17(16-5)10-14-4-3-7(15-10)9(12)13/h3-4H,1-2H3,(H3,12,13). The largest absolute Gasteiger partial charge is 0.382 e. The third-order valence-corrected chi connectivity index (χ3v) is 2.86. The summed E-state index contributed by atoms with van der Waals surface area (Å²) in [5, 5.41) is 12.1. The van der Waals surface area contributed by atoms with E-state index in [9.17, 15) is 0 Å². The van der Waals surface area contributed by atoms with Gasteiger partial charge >= 0.3 is 0 Å². The van der Waals surface area contributed by atoms with Crippen molar-refractivity contribution in [2.45, 2.75) is 13.8 Å². The molecule has 2 rings (SSSR count). The molecule has 2 aromatic rings. The number of hydrogen-bond acceptors (Lipinski definition) is 4. The molecule has 0 amide bonds. The van der Waals surface area contributed by atoms with Gasteiger partial charge in [0.15, 0.2) is 0 Å². The third-order valence-electron chi connectivity index (χ3n) is 2.31. The maximum atomic E-state index is 7.33. The Kier molecular flexibility index (Phi) is 2.81. The van der Waals surface area contributed by atoms with Crippen LogP contribution in [0, 0.1) is 19.3 Å². The maximum Gasteiger partial charge on any atom is 0.251 e. The van der Waals surface area contributed by atoms with Gasteiger partial charge in [-0.1, -0.05) is 11.6 Å². The van der Waals surface area contributed by atoms with Crippen LogP contribution in [0.3, 0.4) is 0 Å². The van der Waals surface area contributed by atoms with Crippen LogP contribution in [-0.4, -0.2) is 25.6 Å². The van der Waals surface area contributed by atoms with Crippen LogP contribution >= 0.6 is 11.6 Å². The zero-order valence-corrected chi connectivity index (χ0v) is 10.2. The zero-order valence-electron chi connectivity index (χ0n) is 9.40. The first kappa shape index (κ1) is 11.5. The van der Waals surface area contributed by atoms with Crippen molar-refractivity contribution in [1.82, 2.24) is 19.7 Å². The Bertz CT molecular complexity index is 588. The lowest BCUT2D eigenvalue weighted by atomic mass is 10.4. The number of hydrogen-bond donors (Lipinski definition) is 2. The topological polar surface area (TPSA) is 93.5 Å². The average Bonchev–Trinajstić information content (AvgIpc) is 2.57. The predicted molar refractivity (Wildman–Crippen MR) is 64.7 cm³/mol. The van der Waals surface area contributed by atoms with Gasteiger partial charge < -0.3 is 5.73 Å². The quantitative estimate of drug-likeness (QED) is 0.619. The fourth-order valence-electron chi connectivity index (χ4n) is 1.42. The van der Waals surface area contributed by atoms with Gasteiger partial charge in [0.1, 0.15) is 11.5 Å². The van der Waals surface area contributed by atoms with Crippen LogP contribution in [0.4, 0.5) is 0 Å². The number of nitrogens with zero attached hydrogens (tertiary/aromatic N) is 4. The van der Waals surface area contributed by atoms with Gasteiger partial charge in [-0.3, -0.25) is 5.41 Å².